The first-order chi connectivity index (χ1) is 14.4. The Morgan fingerprint density at radius 3 is 2.35 bits per heavy atom. The molecule has 2 amide bonds. The minimum absolute atomic E-state index is 0.0967. The molecular formula is C20H27F3N4O4. The number of fused-ring (bicyclic) bond motifs is 1. The van der Waals surface area contributed by atoms with Gasteiger partial charge < -0.3 is 19.8 Å². The number of nitrogens with zero attached hydrogens (tertiary/aromatic N) is 4. The molecule has 11 heteroatoms. The quantitative estimate of drug-likeness (QED) is 0.749. The number of hydrogen-bond donors (Lipinski definition) is 1. The molecule has 0 saturated carbocycles. The van der Waals surface area contributed by atoms with Gasteiger partial charge in [0, 0.05) is 59.3 Å². The van der Waals surface area contributed by atoms with Gasteiger partial charge in [-0.1, -0.05) is 6.07 Å². The summed E-state index contributed by atoms with van der Waals surface area (Å²) in [7, 11) is 3.65. The molecule has 8 nitrogen and oxygen atoms in total. The maximum Gasteiger partial charge on any atom is 0.490 e. The van der Waals surface area contributed by atoms with Crippen molar-refractivity contribution in [3.05, 3.63) is 24.4 Å². The average Bonchev–Trinajstić information content (AvgIpc) is 2.96. The van der Waals surface area contributed by atoms with Crippen LogP contribution >= 0.6 is 0 Å². The van der Waals surface area contributed by atoms with Gasteiger partial charge in [-0.15, -0.1) is 0 Å². The van der Waals surface area contributed by atoms with E-state index in [1.165, 1.54) is 0 Å². The lowest BCUT2D eigenvalue weighted by molar-refractivity contribution is -0.192. The summed E-state index contributed by atoms with van der Waals surface area (Å²) in [5.41, 5.74) is -0.425. The van der Waals surface area contributed by atoms with E-state index in [4.69, 9.17) is 9.90 Å². The van der Waals surface area contributed by atoms with E-state index >= 15 is 0 Å². The number of carbonyl (C=O) groups excluding carboxylic acids is 2. The number of halogens is 3. The van der Waals surface area contributed by atoms with E-state index in [9.17, 15) is 22.8 Å². The van der Waals surface area contributed by atoms with Gasteiger partial charge in [0.05, 0.1) is 5.41 Å². The van der Waals surface area contributed by atoms with E-state index in [0.29, 0.717) is 13.1 Å². The van der Waals surface area contributed by atoms with Crippen molar-refractivity contribution in [1.82, 2.24) is 14.8 Å². The van der Waals surface area contributed by atoms with E-state index in [-0.39, 0.29) is 17.7 Å². The molecule has 31 heavy (non-hydrogen) atoms. The highest BCUT2D eigenvalue weighted by Gasteiger charge is 2.54. The van der Waals surface area contributed by atoms with Crippen molar-refractivity contribution < 1.29 is 32.7 Å². The maximum atomic E-state index is 13.1. The van der Waals surface area contributed by atoms with Crippen molar-refractivity contribution in [2.45, 2.75) is 25.9 Å². The van der Waals surface area contributed by atoms with Gasteiger partial charge in [0.15, 0.2) is 0 Å². The monoisotopic (exact) mass is 444 g/mol. The fourth-order valence-corrected chi connectivity index (χ4v) is 4.23. The van der Waals surface area contributed by atoms with Crippen LogP contribution in [0.5, 0.6) is 0 Å². The molecule has 2 atom stereocenters. The van der Waals surface area contributed by atoms with Gasteiger partial charge in [0.2, 0.25) is 11.8 Å². The summed E-state index contributed by atoms with van der Waals surface area (Å²) in [6.45, 7) is 4.46. The smallest absolute Gasteiger partial charge is 0.475 e. The highest BCUT2D eigenvalue weighted by Crippen LogP contribution is 2.44. The Bertz CT molecular complexity index is 803. The Kier molecular flexibility index (Phi) is 7.50. The first kappa shape index (κ1) is 24.4. The van der Waals surface area contributed by atoms with Crippen molar-refractivity contribution in [2.75, 3.05) is 45.2 Å². The summed E-state index contributed by atoms with van der Waals surface area (Å²) in [4.78, 5) is 44.1. The number of aliphatic carboxylic acids is 1. The van der Waals surface area contributed by atoms with Gasteiger partial charge in [-0.2, -0.15) is 13.2 Å². The largest absolute Gasteiger partial charge is 0.490 e. The van der Waals surface area contributed by atoms with Crippen LogP contribution in [0.3, 0.4) is 0 Å². The molecule has 172 valence electrons. The summed E-state index contributed by atoms with van der Waals surface area (Å²) < 4.78 is 31.7. The minimum atomic E-state index is -5.08. The number of alkyl halides is 3. The fourth-order valence-electron chi connectivity index (χ4n) is 4.23. The van der Waals surface area contributed by atoms with Crippen molar-refractivity contribution in [2.24, 2.45) is 11.3 Å². The van der Waals surface area contributed by atoms with Crippen LogP contribution in [0.2, 0.25) is 0 Å². The Labute approximate surface area is 178 Å². The molecule has 2 fully saturated rings. The molecule has 1 N–H and O–H groups in total. The minimum Gasteiger partial charge on any atom is -0.475 e. The van der Waals surface area contributed by atoms with Gasteiger partial charge in [0.1, 0.15) is 5.82 Å². The van der Waals surface area contributed by atoms with Crippen molar-refractivity contribution in [3.63, 3.8) is 0 Å². The van der Waals surface area contributed by atoms with E-state index < -0.39 is 17.6 Å². The molecule has 1 aromatic heterocycles. The second-order valence-corrected chi connectivity index (χ2v) is 7.99. The van der Waals surface area contributed by atoms with E-state index in [1.807, 2.05) is 37.2 Å². The number of carboxylic acid groups (broad SMARTS) is 1. The van der Waals surface area contributed by atoms with Crippen LogP contribution in [0.1, 0.15) is 19.8 Å². The van der Waals surface area contributed by atoms with Crippen LogP contribution in [-0.4, -0.2) is 84.1 Å². The van der Waals surface area contributed by atoms with Gasteiger partial charge in [-0.3, -0.25) is 9.59 Å². The van der Waals surface area contributed by atoms with Gasteiger partial charge in [-0.05, 0) is 25.0 Å². The number of hydrogen-bond acceptors (Lipinski definition) is 5. The third-order valence-electron chi connectivity index (χ3n) is 5.68. The van der Waals surface area contributed by atoms with E-state index in [0.717, 1.165) is 31.7 Å². The Balaban J connectivity index is 0.000000423. The zero-order valence-electron chi connectivity index (χ0n) is 17.7. The third kappa shape index (κ3) is 5.65. The van der Waals surface area contributed by atoms with Gasteiger partial charge in [0.25, 0.3) is 0 Å². The molecule has 0 aromatic carbocycles. The van der Waals surface area contributed by atoms with Gasteiger partial charge in [-0.25, -0.2) is 9.78 Å². The van der Waals surface area contributed by atoms with Gasteiger partial charge >= 0.3 is 12.1 Å². The molecule has 0 spiro atoms. The van der Waals surface area contributed by atoms with Crippen LogP contribution in [-0.2, 0) is 14.4 Å². The zero-order chi connectivity index (χ0) is 23.4. The predicted molar refractivity (Wildman–Crippen MR) is 106 cm³/mol. The number of anilines is 1. The normalized spacial score (nSPS) is 23.2. The molecule has 2 aliphatic heterocycles. The molecule has 3 rings (SSSR count). The maximum absolute atomic E-state index is 13.1. The lowest BCUT2D eigenvalue weighted by Gasteiger charge is -2.34. The number of likely N-dealkylation sites (tertiary alicyclic amines) is 1. The fraction of sp³-hybridized carbons (Fsp3) is 0.600. The van der Waals surface area contributed by atoms with Crippen molar-refractivity contribution >= 4 is 23.6 Å². The number of aromatic nitrogens is 1. The second-order valence-electron chi connectivity index (χ2n) is 7.99. The van der Waals surface area contributed by atoms with E-state index in [2.05, 4.69) is 9.88 Å². The molecule has 0 unspecified atom stereocenters. The second kappa shape index (κ2) is 9.52. The lowest BCUT2D eigenvalue weighted by Crippen LogP contribution is -2.47. The number of carbonyl (C=O) groups is 3. The Morgan fingerprint density at radius 1 is 1.23 bits per heavy atom. The SMILES string of the molecule is CC(=O)N1CCC[C@]2(C(=O)N(C)C)CN(c3ccccn3)C[C@@H]2C1.O=C(O)C(F)(F)F. The molecule has 0 aliphatic carbocycles. The van der Waals surface area contributed by atoms with Crippen LogP contribution in [0.25, 0.3) is 0 Å². The molecular weight excluding hydrogens is 417 g/mol. The third-order valence-corrected chi connectivity index (χ3v) is 5.68. The molecule has 2 aliphatic rings. The predicted octanol–water partition coefficient (Wildman–Crippen LogP) is 1.87. The average molecular weight is 444 g/mol. The number of pyridine rings is 1. The van der Waals surface area contributed by atoms with Crippen molar-refractivity contribution in [3.8, 4) is 0 Å². The van der Waals surface area contributed by atoms with Crippen LogP contribution in [0, 0.1) is 11.3 Å². The van der Waals surface area contributed by atoms with Crippen LogP contribution < -0.4 is 4.90 Å². The topological polar surface area (TPSA) is 94.1 Å². The molecule has 3 heterocycles. The molecule has 1 aromatic rings. The number of amides is 2. The highest BCUT2D eigenvalue weighted by molar-refractivity contribution is 5.84. The summed E-state index contributed by atoms with van der Waals surface area (Å²) in [5, 5.41) is 7.12. The van der Waals surface area contributed by atoms with Crippen molar-refractivity contribution in [1.29, 1.82) is 0 Å². The highest BCUT2D eigenvalue weighted by atomic mass is 19.4. The number of carboxylic acids is 1. The summed E-state index contributed by atoms with van der Waals surface area (Å²) in [5.74, 6) is -1.44. The summed E-state index contributed by atoms with van der Waals surface area (Å²) >= 11 is 0. The first-order valence-corrected chi connectivity index (χ1v) is 9.82. The molecule has 0 bridgehead atoms. The van der Waals surface area contributed by atoms with Crippen LogP contribution in [0.15, 0.2) is 24.4 Å². The summed E-state index contributed by atoms with van der Waals surface area (Å²) in [6, 6.07) is 5.86. The first-order valence-electron chi connectivity index (χ1n) is 9.82. The van der Waals surface area contributed by atoms with E-state index in [1.54, 1.807) is 18.0 Å². The lowest BCUT2D eigenvalue weighted by atomic mass is 9.74. The molecule has 2 saturated heterocycles. The molecule has 0 radical (unpaired) electrons. The zero-order valence-corrected chi connectivity index (χ0v) is 17.7. The summed E-state index contributed by atoms with van der Waals surface area (Å²) in [6.07, 6.45) is -1.61. The standard InChI is InChI=1S/C18H26N4O2.C2HF3O2/c1-14(23)21-10-6-8-18(17(24)20(2)3)13-22(12-15(18)11-21)16-7-4-5-9-19-16;3-2(4,5)1(6)7/h4-5,7,9,15H,6,8,10-13H2,1-3H3;(H,6,7)/t15-,18-;/m0./s1. The Hall–Kier alpha value is -2.85. The Morgan fingerprint density at radius 2 is 1.87 bits per heavy atom. The van der Waals surface area contributed by atoms with Crippen LogP contribution in [0.4, 0.5) is 19.0 Å². The number of rotatable bonds is 2.